The van der Waals surface area contributed by atoms with Crippen molar-refractivity contribution in [2.75, 3.05) is 26.9 Å². The molecule has 2 atom stereocenters. The molecule has 1 rings (SSSR count). The van der Waals surface area contributed by atoms with Crippen molar-refractivity contribution in [2.24, 2.45) is 0 Å². The lowest BCUT2D eigenvalue weighted by molar-refractivity contribution is 0.0973. The van der Waals surface area contributed by atoms with Gasteiger partial charge in [0.1, 0.15) is 18.5 Å². The molecular weight excluding hydrogens is 218 g/mol. The zero-order valence-electron chi connectivity index (χ0n) is 10.4. The number of aliphatic hydroxyl groups excluding tert-OH is 1. The highest BCUT2D eigenvalue weighted by Crippen LogP contribution is 2.08. The number of para-hydroxylation sites is 1. The van der Waals surface area contributed by atoms with E-state index < -0.39 is 6.10 Å². The van der Waals surface area contributed by atoms with Crippen molar-refractivity contribution in [2.45, 2.75) is 19.1 Å². The van der Waals surface area contributed by atoms with Crippen LogP contribution in [0.1, 0.15) is 6.92 Å². The van der Waals surface area contributed by atoms with Gasteiger partial charge in [0.05, 0.1) is 6.61 Å². The van der Waals surface area contributed by atoms with Gasteiger partial charge in [-0.3, -0.25) is 0 Å². The fourth-order valence-corrected chi connectivity index (χ4v) is 1.41. The highest BCUT2D eigenvalue weighted by Gasteiger charge is 2.07. The molecule has 1 aromatic carbocycles. The quantitative estimate of drug-likeness (QED) is 0.712. The fraction of sp³-hybridized carbons (Fsp3) is 0.538. The summed E-state index contributed by atoms with van der Waals surface area (Å²) in [4.78, 5) is 0. The van der Waals surface area contributed by atoms with Crippen LogP contribution >= 0.6 is 0 Å². The number of aliphatic hydroxyl groups is 1. The minimum Gasteiger partial charge on any atom is -0.491 e. The average Bonchev–Trinajstić information content (AvgIpc) is 2.35. The Labute approximate surface area is 103 Å². The molecule has 0 saturated heterocycles. The summed E-state index contributed by atoms with van der Waals surface area (Å²) >= 11 is 0. The van der Waals surface area contributed by atoms with Crippen molar-refractivity contribution in [1.82, 2.24) is 5.32 Å². The molecule has 0 bridgehead atoms. The Morgan fingerprint density at radius 3 is 2.59 bits per heavy atom. The van der Waals surface area contributed by atoms with Gasteiger partial charge in [-0.05, 0) is 19.1 Å². The Morgan fingerprint density at radius 2 is 1.94 bits per heavy atom. The molecule has 0 aromatic heterocycles. The standard InChI is InChI=1S/C13H21NO3/c1-11(9-16-2)14-8-12(15)10-17-13-6-4-3-5-7-13/h3-7,11-12,14-15H,8-10H2,1-2H3/t11-,12-/m0/s1. The van der Waals surface area contributed by atoms with Crippen LogP contribution in [-0.4, -0.2) is 44.1 Å². The molecule has 0 heterocycles. The maximum atomic E-state index is 9.70. The Kier molecular flexibility index (Phi) is 6.62. The molecular formula is C13H21NO3. The van der Waals surface area contributed by atoms with Gasteiger partial charge in [0.15, 0.2) is 0 Å². The van der Waals surface area contributed by atoms with Crippen LogP contribution in [0.25, 0.3) is 0 Å². The van der Waals surface area contributed by atoms with Gasteiger partial charge in [0.25, 0.3) is 0 Å². The Morgan fingerprint density at radius 1 is 1.24 bits per heavy atom. The summed E-state index contributed by atoms with van der Waals surface area (Å²) in [5.41, 5.74) is 0. The highest BCUT2D eigenvalue weighted by atomic mass is 16.5. The van der Waals surface area contributed by atoms with Crippen molar-refractivity contribution in [3.63, 3.8) is 0 Å². The van der Waals surface area contributed by atoms with E-state index in [1.807, 2.05) is 37.3 Å². The molecule has 0 saturated carbocycles. The number of methoxy groups -OCH3 is 1. The Bertz CT molecular complexity index is 292. The number of nitrogens with one attached hydrogen (secondary N) is 1. The minimum atomic E-state index is -0.519. The Balaban J connectivity index is 2.15. The van der Waals surface area contributed by atoms with E-state index in [1.54, 1.807) is 7.11 Å². The minimum absolute atomic E-state index is 0.228. The number of hydrogen-bond acceptors (Lipinski definition) is 4. The highest BCUT2D eigenvalue weighted by molar-refractivity contribution is 5.20. The first-order valence-electron chi connectivity index (χ1n) is 5.80. The van der Waals surface area contributed by atoms with Crippen molar-refractivity contribution in [3.8, 4) is 5.75 Å². The molecule has 0 unspecified atom stereocenters. The topological polar surface area (TPSA) is 50.7 Å². The van der Waals surface area contributed by atoms with Crippen molar-refractivity contribution >= 4 is 0 Å². The first kappa shape index (κ1) is 14.0. The normalized spacial score (nSPS) is 14.3. The molecule has 0 aliphatic carbocycles. The van der Waals surface area contributed by atoms with E-state index in [1.165, 1.54) is 0 Å². The van der Waals surface area contributed by atoms with Gasteiger partial charge in [-0.1, -0.05) is 18.2 Å². The largest absolute Gasteiger partial charge is 0.491 e. The van der Waals surface area contributed by atoms with Gasteiger partial charge < -0.3 is 19.9 Å². The maximum absolute atomic E-state index is 9.70. The number of rotatable bonds is 8. The van der Waals surface area contributed by atoms with Crippen LogP contribution in [0, 0.1) is 0 Å². The van der Waals surface area contributed by atoms with Crippen LogP contribution in [-0.2, 0) is 4.74 Å². The van der Waals surface area contributed by atoms with E-state index >= 15 is 0 Å². The Hall–Kier alpha value is -1.10. The molecule has 4 nitrogen and oxygen atoms in total. The van der Waals surface area contributed by atoms with Gasteiger partial charge in [0.2, 0.25) is 0 Å². The molecule has 0 radical (unpaired) electrons. The van der Waals surface area contributed by atoms with E-state index in [9.17, 15) is 5.11 Å². The molecule has 96 valence electrons. The van der Waals surface area contributed by atoms with Crippen LogP contribution in [0.2, 0.25) is 0 Å². The zero-order chi connectivity index (χ0) is 12.5. The van der Waals surface area contributed by atoms with Crippen LogP contribution in [0.5, 0.6) is 5.75 Å². The summed E-state index contributed by atoms with van der Waals surface area (Å²) in [6.45, 7) is 3.43. The first-order chi connectivity index (χ1) is 8.22. The lowest BCUT2D eigenvalue weighted by Gasteiger charge is -2.16. The van der Waals surface area contributed by atoms with Gasteiger partial charge in [-0.25, -0.2) is 0 Å². The predicted molar refractivity (Wildman–Crippen MR) is 67.3 cm³/mol. The van der Waals surface area contributed by atoms with Crippen LogP contribution in [0.15, 0.2) is 30.3 Å². The molecule has 17 heavy (non-hydrogen) atoms. The second-order valence-electron chi connectivity index (χ2n) is 4.04. The van der Waals surface area contributed by atoms with E-state index in [0.717, 1.165) is 5.75 Å². The molecule has 0 fully saturated rings. The van der Waals surface area contributed by atoms with Gasteiger partial charge >= 0.3 is 0 Å². The predicted octanol–water partition coefficient (Wildman–Crippen LogP) is 1.05. The van der Waals surface area contributed by atoms with Crippen LogP contribution < -0.4 is 10.1 Å². The third kappa shape index (κ3) is 6.26. The van der Waals surface area contributed by atoms with Gasteiger partial charge in [-0.15, -0.1) is 0 Å². The fourth-order valence-electron chi connectivity index (χ4n) is 1.41. The molecule has 0 aliphatic heterocycles. The molecule has 4 heteroatoms. The summed E-state index contributed by atoms with van der Waals surface area (Å²) in [6, 6.07) is 9.70. The molecule has 2 N–H and O–H groups in total. The first-order valence-corrected chi connectivity index (χ1v) is 5.80. The van der Waals surface area contributed by atoms with Gasteiger partial charge in [-0.2, -0.15) is 0 Å². The van der Waals surface area contributed by atoms with Crippen molar-refractivity contribution < 1.29 is 14.6 Å². The SMILES string of the molecule is COC[C@H](C)NC[C@H](O)COc1ccccc1. The van der Waals surface area contributed by atoms with E-state index in [4.69, 9.17) is 9.47 Å². The van der Waals surface area contributed by atoms with Crippen molar-refractivity contribution in [3.05, 3.63) is 30.3 Å². The zero-order valence-corrected chi connectivity index (χ0v) is 10.4. The second-order valence-corrected chi connectivity index (χ2v) is 4.04. The third-order valence-electron chi connectivity index (χ3n) is 2.30. The van der Waals surface area contributed by atoms with Gasteiger partial charge in [0, 0.05) is 19.7 Å². The van der Waals surface area contributed by atoms with E-state index in [0.29, 0.717) is 13.2 Å². The number of hydrogen-bond donors (Lipinski definition) is 2. The number of benzene rings is 1. The molecule has 1 aromatic rings. The summed E-state index contributed by atoms with van der Waals surface area (Å²) in [5.74, 6) is 0.775. The summed E-state index contributed by atoms with van der Waals surface area (Å²) < 4.78 is 10.4. The molecule has 0 amide bonds. The third-order valence-corrected chi connectivity index (χ3v) is 2.30. The maximum Gasteiger partial charge on any atom is 0.119 e. The van der Waals surface area contributed by atoms with Crippen LogP contribution in [0.4, 0.5) is 0 Å². The second kappa shape index (κ2) is 8.06. The summed E-state index contributed by atoms with van der Waals surface area (Å²) in [7, 11) is 1.66. The molecule has 0 spiro atoms. The van der Waals surface area contributed by atoms with E-state index in [2.05, 4.69) is 5.32 Å². The smallest absolute Gasteiger partial charge is 0.119 e. The lowest BCUT2D eigenvalue weighted by Crippen LogP contribution is -2.38. The molecule has 0 aliphatic rings. The monoisotopic (exact) mass is 239 g/mol. The van der Waals surface area contributed by atoms with Crippen LogP contribution in [0.3, 0.4) is 0 Å². The number of ether oxygens (including phenoxy) is 2. The van der Waals surface area contributed by atoms with Crippen molar-refractivity contribution in [1.29, 1.82) is 0 Å². The lowest BCUT2D eigenvalue weighted by atomic mass is 10.3. The summed E-state index contributed by atoms with van der Waals surface area (Å²) in [5, 5.41) is 12.9. The summed E-state index contributed by atoms with van der Waals surface area (Å²) in [6.07, 6.45) is -0.519. The van der Waals surface area contributed by atoms with E-state index in [-0.39, 0.29) is 12.6 Å². The average molecular weight is 239 g/mol.